The molecule has 1 radical (unpaired) electrons. The van der Waals surface area contributed by atoms with Gasteiger partial charge >= 0.3 is 0 Å². The molecular weight excluding hydrogens is 101 g/mol. The van der Waals surface area contributed by atoms with Crippen LogP contribution in [0.2, 0.25) is 0 Å². The lowest BCUT2D eigenvalue weighted by Crippen LogP contribution is -1.80. The van der Waals surface area contributed by atoms with Crippen LogP contribution in [0.5, 0.6) is 0 Å². The first-order chi connectivity index (χ1) is 3.93. The molecular formula is C4H3BN3. The second-order valence-corrected chi connectivity index (χ2v) is 1.33. The van der Waals surface area contributed by atoms with Crippen molar-refractivity contribution in [1.29, 1.82) is 0 Å². The van der Waals surface area contributed by atoms with Crippen molar-refractivity contribution in [2.45, 2.75) is 0 Å². The Morgan fingerprint density at radius 3 is 3.12 bits per heavy atom. The van der Waals surface area contributed by atoms with E-state index in [-0.39, 0.29) is 0 Å². The number of rotatable bonds is 1. The van der Waals surface area contributed by atoms with Crippen molar-refractivity contribution in [2.24, 2.45) is 5.11 Å². The Balaban J connectivity index is 2.64. The van der Waals surface area contributed by atoms with Crippen LogP contribution in [0, 0.1) is 0 Å². The summed E-state index contributed by atoms with van der Waals surface area (Å²) in [6.07, 6.45) is 3.57. The summed E-state index contributed by atoms with van der Waals surface area (Å²) in [4.78, 5) is 2.60. The normalized spacial score (nSPS) is 14.2. The summed E-state index contributed by atoms with van der Waals surface area (Å²) in [7, 11) is 1.75. The molecule has 0 aromatic carbocycles. The Bertz CT molecular complexity index is 187. The predicted octanol–water partition coefficient (Wildman–Crippen LogP) is 1.37. The summed E-state index contributed by atoms with van der Waals surface area (Å²) >= 11 is 0. The van der Waals surface area contributed by atoms with Crippen LogP contribution in [-0.2, 0) is 0 Å². The third-order valence-corrected chi connectivity index (χ3v) is 0.805. The molecule has 0 unspecified atom stereocenters. The smallest absolute Gasteiger partial charge is 0.116 e. The average Bonchev–Trinajstić information content (AvgIpc) is 2.19. The molecule has 1 aliphatic heterocycles. The average molecular weight is 104 g/mol. The summed E-state index contributed by atoms with van der Waals surface area (Å²) in [5.41, 5.74) is 8.57. The lowest BCUT2D eigenvalue weighted by molar-refractivity contribution is 1.46. The summed E-state index contributed by atoms with van der Waals surface area (Å²) in [5.74, 6) is 1.82. The molecule has 1 heterocycles. The Morgan fingerprint density at radius 2 is 2.62 bits per heavy atom. The molecule has 0 amide bonds. The minimum atomic E-state index is 0.674. The third kappa shape index (κ3) is 0.920. The maximum atomic E-state index is 7.90. The van der Waals surface area contributed by atoms with Crippen LogP contribution in [0.4, 0.5) is 0 Å². The first-order valence-corrected chi connectivity index (χ1v) is 2.20. The molecule has 0 saturated heterocycles. The standard InChI is InChI=1S/C4H3BN3/c6-8-7-4-2-1-3-5-4/h1-3H. The van der Waals surface area contributed by atoms with Crippen molar-refractivity contribution in [1.82, 2.24) is 0 Å². The van der Waals surface area contributed by atoms with Gasteiger partial charge in [-0.2, -0.15) is 0 Å². The molecule has 37 valence electrons. The van der Waals surface area contributed by atoms with E-state index < -0.39 is 0 Å². The number of hydrogen-bond acceptors (Lipinski definition) is 1. The molecule has 0 spiro atoms. The maximum absolute atomic E-state index is 7.90. The van der Waals surface area contributed by atoms with Gasteiger partial charge in [-0.1, -0.05) is 17.3 Å². The zero-order valence-corrected chi connectivity index (χ0v) is 4.15. The molecule has 1 rings (SSSR count). The molecule has 0 N–H and O–H groups in total. The van der Waals surface area contributed by atoms with Crippen molar-refractivity contribution in [3.63, 3.8) is 0 Å². The van der Waals surface area contributed by atoms with Crippen LogP contribution in [0.1, 0.15) is 0 Å². The van der Waals surface area contributed by atoms with Gasteiger partial charge in [0, 0.05) is 4.91 Å². The minimum Gasteiger partial charge on any atom is -0.116 e. The lowest BCUT2D eigenvalue weighted by atomic mass is 9.78. The van der Waals surface area contributed by atoms with E-state index in [0.29, 0.717) is 5.60 Å². The number of nitrogens with zero attached hydrogens (tertiary/aromatic N) is 3. The van der Waals surface area contributed by atoms with Crippen LogP contribution in [0.25, 0.3) is 10.4 Å². The monoisotopic (exact) mass is 104 g/mol. The number of allylic oxidation sites excluding steroid dienone is 2. The molecule has 1 aliphatic rings. The van der Waals surface area contributed by atoms with Gasteiger partial charge in [-0.25, -0.2) is 0 Å². The quantitative estimate of drug-likeness (QED) is 0.209. The topological polar surface area (TPSA) is 48.8 Å². The van der Waals surface area contributed by atoms with Crippen LogP contribution in [0.15, 0.2) is 28.8 Å². The van der Waals surface area contributed by atoms with Gasteiger partial charge in [0.15, 0.2) is 7.28 Å². The number of azide groups is 1. The van der Waals surface area contributed by atoms with Gasteiger partial charge in [0.2, 0.25) is 0 Å². The van der Waals surface area contributed by atoms with E-state index in [1.165, 1.54) is 0 Å². The van der Waals surface area contributed by atoms with Gasteiger partial charge in [-0.15, -0.1) is 5.98 Å². The highest BCUT2D eigenvalue weighted by atomic mass is 15.1. The largest absolute Gasteiger partial charge is 0.184 e. The zero-order chi connectivity index (χ0) is 5.82. The van der Waals surface area contributed by atoms with Crippen molar-refractivity contribution < 1.29 is 0 Å². The first-order valence-electron chi connectivity index (χ1n) is 2.20. The Labute approximate surface area is 47.6 Å². The molecule has 0 atom stereocenters. The highest BCUT2D eigenvalue weighted by molar-refractivity contribution is 6.52. The van der Waals surface area contributed by atoms with E-state index in [0.717, 1.165) is 0 Å². The highest BCUT2D eigenvalue weighted by Crippen LogP contribution is 2.01. The van der Waals surface area contributed by atoms with E-state index in [1.807, 2.05) is 12.1 Å². The molecule has 0 fully saturated rings. The van der Waals surface area contributed by atoms with Gasteiger partial charge in [0.05, 0.1) is 0 Å². The maximum Gasteiger partial charge on any atom is 0.184 e. The lowest BCUT2D eigenvalue weighted by Gasteiger charge is -1.78. The predicted molar refractivity (Wildman–Crippen MR) is 32.1 cm³/mol. The molecule has 0 saturated carbocycles. The van der Waals surface area contributed by atoms with Gasteiger partial charge in [-0.05, 0) is 11.1 Å². The molecule has 3 nitrogen and oxygen atoms in total. The van der Waals surface area contributed by atoms with E-state index in [2.05, 4.69) is 10.0 Å². The van der Waals surface area contributed by atoms with E-state index in [1.54, 1.807) is 13.4 Å². The van der Waals surface area contributed by atoms with Gasteiger partial charge in [0.25, 0.3) is 0 Å². The Morgan fingerprint density at radius 1 is 1.75 bits per heavy atom. The fourth-order valence-corrected chi connectivity index (χ4v) is 0.482. The van der Waals surface area contributed by atoms with Crippen LogP contribution in [0.3, 0.4) is 0 Å². The number of hydrogen-bond donors (Lipinski definition) is 0. The first kappa shape index (κ1) is 5.00. The van der Waals surface area contributed by atoms with Gasteiger partial charge in [0.1, 0.15) is 0 Å². The van der Waals surface area contributed by atoms with Crippen molar-refractivity contribution in [2.75, 3.05) is 0 Å². The Kier molecular flexibility index (Phi) is 1.40. The van der Waals surface area contributed by atoms with Crippen molar-refractivity contribution in [3.05, 3.63) is 34.2 Å². The molecule has 0 bridgehead atoms. The molecule has 0 aromatic rings. The second-order valence-electron chi connectivity index (χ2n) is 1.33. The summed E-state index contributed by atoms with van der Waals surface area (Å²) < 4.78 is 0. The van der Waals surface area contributed by atoms with Gasteiger partial charge in [-0.3, -0.25) is 0 Å². The van der Waals surface area contributed by atoms with Gasteiger partial charge < -0.3 is 0 Å². The zero-order valence-electron chi connectivity index (χ0n) is 4.15. The Hall–Kier alpha value is -1.15. The van der Waals surface area contributed by atoms with E-state index in [9.17, 15) is 0 Å². The van der Waals surface area contributed by atoms with Crippen molar-refractivity contribution in [3.8, 4) is 0 Å². The van der Waals surface area contributed by atoms with Crippen molar-refractivity contribution >= 4 is 7.28 Å². The molecule has 0 aromatic heterocycles. The SMILES string of the molecule is [N-]=[N+]=NC1=CC=C[B]1. The highest BCUT2D eigenvalue weighted by Gasteiger charge is 1.94. The summed E-state index contributed by atoms with van der Waals surface area (Å²) in [5, 5.41) is 3.35. The third-order valence-electron chi connectivity index (χ3n) is 0.805. The summed E-state index contributed by atoms with van der Waals surface area (Å²) in [6.45, 7) is 0. The second kappa shape index (κ2) is 2.24. The molecule has 4 heteroatoms. The molecule has 0 aliphatic carbocycles. The van der Waals surface area contributed by atoms with Crippen LogP contribution < -0.4 is 0 Å². The molecule has 8 heavy (non-hydrogen) atoms. The fourth-order valence-electron chi connectivity index (χ4n) is 0.482. The summed E-state index contributed by atoms with van der Waals surface area (Å²) in [6, 6.07) is 0. The minimum absolute atomic E-state index is 0.674. The van der Waals surface area contributed by atoms with Crippen LogP contribution >= 0.6 is 0 Å². The van der Waals surface area contributed by atoms with E-state index in [4.69, 9.17) is 5.53 Å². The fraction of sp³-hybridized carbons (Fsp3) is 0. The van der Waals surface area contributed by atoms with Crippen LogP contribution in [-0.4, -0.2) is 7.28 Å². The van der Waals surface area contributed by atoms with E-state index >= 15 is 0 Å².